The molecule has 0 aromatic rings. The minimum atomic E-state index is 0.218. The SMILES string of the molecule is C\C=C(/C=C(C)\C(Br)=C/C)C(=O)CCC. The predicted molar refractivity (Wildman–Crippen MR) is 70.1 cm³/mol. The Morgan fingerprint density at radius 1 is 1.27 bits per heavy atom. The average molecular weight is 271 g/mol. The third kappa shape index (κ3) is 5.12. The summed E-state index contributed by atoms with van der Waals surface area (Å²) in [5, 5.41) is 0. The van der Waals surface area contributed by atoms with Crippen LogP contribution in [-0.4, -0.2) is 5.78 Å². The molecule has 0 aliphatic carbocycles. The Morgan fingerprint density at radius 2 is 1.87 bits per heavy atom. The zero-order valence-corrected chi connectivity index (χ0v) is 11.5. The monoisotopic (exact) mass is 270 g/mol. The fourth-order valence-electron chi connectivity index (χ4n) is 1.23. The zero-order chi connectivity index (χ0) is 11.8. The maximum absolute atomic E-state index is 11.7. The topological polar surface area (TPSA) is 17.1 Å². The van der Waals surface area contributed by atoms with Crippen LogP contribution in [0.1, 0.15) is 40.5 Å². The van der Waals surface area contributed by atoms with Crippen molar-refractivity contribution in [1.82, 2.24) is 0 Å². The van der Waals surface area contributed by atoms with Crippen LogP contribution in [0.15, 0.2) is 33.9 Å². The Morgan fingerprint density at radius 3 is 2.27 bits per heavy atom. The number of hydrogen-bond acceptors (Lipinski definition) is 1. The van der Waals surface area contributed by atoms with Crippen LogP contribution in [0.3, 0.4) is 0 Å². The summed E-state index contributed by atoms with van der Waals surface area (Å²) < 4.78 is 1.03. The van der Waals surface area contributed by atoms with E-state index >= 15 is 0 Å². The maximum Gasteiger partial charge on any atom is 0.162 e. The highest BCUT2D eigenvalue weighted by Crippen LogP contribution is 2.19. The second-order valence-corrected chi connectivity index (χ2v) is 4.24. The van der Waals surface area contributed by atoms with E-state index in [1.807, 2.05) is 45.9 Å². The first kappa shape index (κ1) is 14.4. The quantitative estimate of drug-likeness (QED) is 0.529. The summed E-state index contributed by atoms with van der Waals surface area (Å²) in [7, 11) is 0. The fraction of sp³-hybridized carbons (Fsp3) is 0.462. The molecule has 0 aromatic carbocycles. The molecule has 0 radical (unpaired) electrons. The number of rotatable bonds is 5. The van der Waals surface area contributed by atoms with E-state index < -0.39 is 0 Å². The van der Waals surface area contributed by atoms with E-state index in [1.54, 1.807) is 0 Å². The van der Waals surface area contributed by atoms with Gasteiger partial charge in [0.2, 0.25) is 0 Å². The summed E-state index contributed by atoms with van der Waals surface area (Å²) in [5.41, 5.74) is 1.88. The van der Waals surface area contributed by atoms with Crippen LogP contribution in [0.2, 0.25) is 0 Å². The van der Waals surface area contributed by atoms with E-state index in [1.165, 1.54) is 0 Å². The molecular weight excluding hydrogens is 252 g/mol. The molecule has 0 fully saturated rings. The summed E-state index contributed by atoms with van der Waals surface area (Å²) in [6, 6.07) is 0. The summed E-state index contributed by atoms with van der Waals surface area (Å²) >= 11 is 3.44. The summed E-state index contributed by atoms with van der Waals surface area (Å²) in [5.74, 6) is 0.218. The van der Waals surface area contributed by atoms with Crippen LogP contribution in [0.25, 0.3) is 0 Å². The van der Waals surface area contributed by atoms with E-state index in [2.05, 4.69) is 15.9 Å². The molecule has 0 saturated carbocycles. The van der Waals surface area contributed by atoms with Crippen molar-refractivity contribution in [2.24, 2.45) is 0 Å². The van der Waals surface area contributed by atoms with Crippen molar-refractivity contribution in [1.29, 1.82) is 0 Å². The van der Waals surface area contributed by atoms with Crippen molar-refractivity contribution in [3.63, 3.8) is 0 Å². The number of halogens is 1. The van der Waals surface area contributed by atoms with Crippen LogP contribution >= 0.6 is 15.9 Å². The van der Waals surface area contributed by atoms with Gasteiger partial charge in [-0.25, -0.2) is 0 Å². The Labute approximate surface area is 101 Å². The van der Waals surface area contributed by atoms with Gasteiger partial charge in [0.1, 0.15) is 0 Å². The normalized spacial score (nSPS) is 14.3. The molecule has 0 atom stereocenters. The molecule has 15 heavy (non-hydrogen) atoms. The molecule has 0 rings (SSSR count). The number of carbonyl (C=O) groups is 1. The molecule has 0 aliphatic heterocycles. The third-order valence-electron chi connectivity index (χ3n) is 2.11. The summed E-state index contributed by atoms with van der Waals surface area (Å²) in [6.07, 6.45) is 7.30. The van der Waals surface area contributed by atoms with Crippen LogP contribution < -0.4 is 0 Å². The molecule has 0 bridgehead atoms. The standard InChI is InChI=1S/C13H19BrO/c1-5-8-13(15)11(6-2)9-10(4)12(14)7-3/h6-7,9H,5,8H2,1-4H3/b10-9-,11-6+,12-7+. The first-order valence-corrected chi connectivity index (χ1v) is 6.06. The lowest BCUT2D eigenvalue weighted by molar-refractivity contribution is -0.115. The molecule has 2 heteroatoms. The van der Waals surface area contributed by atoms with E-state index in [0.717, 1.165) is 22.0 Å². The summed E-state index contributed by atoms with van der Waals surface area (Å²) in [4.78, 5) is 11.7. The van der Waals surface area contributed by atoms with Gasteiger partial charge in [-0.15, -0.1) is 0 Å². The van der Waals surface area contributed by atoms with Crippen molar-refractivity contribution < 1.29 is 4.79 Å². The van der Waals surface area contributed by atoms with E-state index in [4.69, 9.17) is 0 Å². The van der Waals surface area contributed by atoms with E-state index in [-0.39, 0.29) is 5.78 Å². The molecule has 0 heterocycles. The van der Waals surface area contributed by atoms with Gasteiger partial charge in [-0.1, -0.05) is 35.0 Å². The van der Waals surface area contributed by atoms with Gasteiger partial charge in [-0.2, -0.15) is 0 Å². The largest absolute Gasteiger partial charge is 0.294 e. The maximum atomic E-state index is 11.7. The van der Waals surface area contributed by atoms with Crippen molar-refractivity contribution in [3.8, 4) is 0 Å². The Balaban J connectivity index is 4.81. The van der Waals surface area contributed by atoms with Gasteiger partial charge in [0.15, 0.2) is 5.78 Å². The third-order valence-corrected chi connectivity index (χ3v) is 3.20. The van der Waals surface area contributed by atoms with Gasteiger partial charge in [0.05, 0.1) is 0 Å². The Hall–Kier alpha value is -0.630. The molecular formula is C13H19BrO. The second-order valence-electron chi connectivity index (χ2n) is 3.38. The van der Waals surface area contributed by atoms with Gasteiger partial charge in [-0.3, -0.25) is 4.79 Å². The molecule has 0 aliphatic rings. The fourth-order valence-corrected chi connectivity index (χ4v) is 1.34. The lowest BCUT2D eigenvalue weighted by atomic mass is 10.0. The lowest BCUT2D eigenvalue weighted by Gasteiger charge is -2.02. The van der Waals surface area contributed by atoms with Gasteiger partial charge < -0.3 is 0 Å². The smallest absolute Gasteiger partial charge is 0.162 e. The number of carbonyl (C=O) groups excluding carboxylic acids is 1. The number of Topliss-reactive ketones (excluding diaryl/α,β-unsaturated/α-hetero) is 1. The number of ketones is 1. The van der Waals surface area contributed by atoms with Crippen molar-refractivity contribution in [2.75, 3.05) is 0 Å². The molecule has 84 valence electrons. The molecule has 1 nitrogen and oxygen atoms in total. The highest BCUT2D eigenvalue weighted by Gasteiger charge is 2.05. The van der Waals surface area contributed by atoms with Crippen molar-refractivity contribution >= 4 is 21.7 Å². The van der Waals surface area contributed by atoms with Gasteiger partial charge in [0, 0.05) is 16.5 Å². The van der Waals surface area contributed by atoms with Crippen LogP contribution in [-0.2, 0) is 4.79 Å². The molecule has 0 spiro atoms. The number of allylic oxidation sites excluding steroid dienone is 6. The van der Waals surface area contributed by atoms with E-state index in [0.29, 0.717) is 6.42 Å². The van der Waals surface area contributed by atoms with Crippen molar-refractivity contribution in [3.05, 3.63) is 33.9 Å². The van der Waals surface area contributed by atoms with Crippen LogP contribution in [0, 0.1) is 0 Å². The van der Waals surface area contributed by atoms with Crippen LogP contribution in [0.4, 0.5) is 0 Å². The highest BCUT2D eigenvalue weighted by atomic mass is 79.9. The minimum absolute atomic E-state index is 0.218. The molecule has 0 saturated heterocycles. The van der Waals surface area contributed by atoms with Gasteiger partial charge in [-0.05, 0) is 38.8 Å². The zero-order valence-electron chi connectivity index (χ0n) is 9.93. The van der Waals surface area contributed by atoms with Gasteiger partial charge >= 0.3 is 0 Å². The average Bonchev–Trinajstić information content (AvgIpc) is 2.24. The minimum Gasteiger partial charge on any atom is -0.294 e. The lowest BCUT2D eigenvalue weighted by Crippen LogP contribution is -2.00. The molecule has 0 N–H and O–H groups in total. The summed E-state index contributed by atoms with van der Waals surface area (Å²) in [6.45, 7) is 7.87. The second kappa shape index (κ2) is 7.63. The molecule has 0 aromatic heterocycles. The first-order chi connectivity index (χ1) is 7.06. The van der Waals surface area contributed by atoms with Gasteiger partial charge in [0.25, 0.3) is 0 Å². The highest BCUT2D eigenvalue weighted by molar-refractivity contribution is 9.12. The Bertz CT molecular complexity index is 308. The number of hydrogen-bond donors (Lipinski definition) is 0. The van der Waals surface area contributed by atoms with Crippen molar-refractivity contribution in [2.45, 2.75) is 40.5 Å². The Kier molecular flexibility index (Phi) is 7.31. The predicted octanol–water partition coefficient (Wildman–Crippen LogP) is 4.55. The molecule has 0 amide bonds. The van der Waals surface area contributed by atoms with E-state index in [9.17, 15) is 4.79 Å². The van der Waals surface area contributed by atoms with Crippen LogP contribution in [0.5, 0.6) is 0 Å². The first-order valence-electron chi connectivity index (χ1n) is 5.26. The molecule has 0 unspecified atom stereocenters.